The molecule has 0 saturated carbocycles. The van der Waals surface area contributed by atoms with Gasteiger partial charge in [0.1, 0.15) is 5.75 Å². The molecule has 1 amide bonds. The number of benzene rings is 1. The Hall–Kier alpha value is -2.83. The SMILES string of the molecule is CCOC(=O)CCNC(=O)c1ccn(-c2ccc(OC)cc2)n1. The number of hydrogen-bond acceptors (Lipinski definition) is 5. The molecule has 0 unspecified atom stereocenters. The Morgan fingerprint density at radius 1 is 1.22 bits per heavy atom. The van der Waals surface area contributed by atoms with Crippen LogP contribution in [0.5, 0.6) is 5.75 Å². The summed E-state index contributed by atoms with van der Waals surface area (Å²) < 4.78 is 11.5. The molecule has 2 aromatic rings. The fourth-order valence-corrected chi connectivity index (χ4v) is 1.93. The lowest BCUT2D eigenvalue weighted by molar-refractivity contribution is -0.142. The molecule has 1 heterocycles. The summed E-state index contributed by atoms with van der Waals surface area (Å²) in [7, 11) is 1.60. The van der Waals surface area contributed by atoms with Gasteiger partial charge >= 0.3 is 5.97 Å². The van der Waals surface area contributed by atoms with E-state index in [0.717, 1.165) is 11.4 Å². The summed E-state index contributed by atoms with van der Waals surface area (Å²) in [5.41, 5.74) is 1.10. The van der Waals surface area contributed by atoms with E-state index in [2.05, 4.69) is 10.4 Å². The number of nitrogens with zero attached hydrogens (tertiary/aromatic N) is 2. The number of nitrogens with one attached hydrogen (secondary N) is 1. The molecule has 7 heteroatoms. The van der Waals surface area contributed by atoms with Gasteiger partial charge in [-0.1, -0.05) is 0 Å². The molecule has 0 aliphatic rings. The van der Waals surface area contributed by atoms with Gasteiger partial charge in [0.05, 0.1) is 25.8 Å². The normalized spacial score (nSPS) is 10.2. The van der Waals surface area contributed by atoms with Crippen molar-refractivity contribution < 1.29 is 19.1 Å². The first-order valence-corrected chi connectivity index (χ1v) is 7.28. The molecule has 0 bridgehead atoms. The monoisotopic (exact) mass is 317 g/mol. The van der Waals surface area contributed by atoms with Crippen LogP contribution in [0.4, 0.5) is 0 Å². The third-order valence-corrected chi connectivity index (χ3v) is 3.08. The van der Waals surface area contributed by atoms with E-state index in [1.807, 2.05) is 24.3 Å². The van der Waals surface area contributed by atoms with E-state index in [0.29, 0.717) is 6.61 Å². The minimum atomic E-state index is -0.337. The van der Waals surface area contributed by atoms with E-state index in [1.165, 1.54) is 0 Å². The van der Waals surface area contributed by atoms with Crippen LogP contribution in [-0.2, 0) is 9.53 Å². The molecule has 0 saturated heterocycles. The molecule has 0 radical (unpaired) electrons. The van der Waals surface area contributed by atoms with Crippen LogP contribution in [0.1, 0.15) is 23.8 Å². The number of methoxy groups -OCH3 is 1. The molecule has 2 rings (SSSR count). The topological polar surface area (TPSA) is 82.5 Å². The summed E-state index contributed by atoms with van der Waals surface area (Å²) in [6.07, 6.45) is 1.83. The predicted octanol–water partition coefficient (Wildman–Crippen LogP) is 1.56. The van der Waals surface area contributed by atoms with Gasteiger partial charge in [0.15, 0.2) is 5.69 Å². The second kappa shape index (κ2) is 7.98. The van der Waals surface area contributed by atoms with Crippen LogP contribution in [0.25, 0.3) is 5.69 Å². The van der Waals surface area contributed by atoms with Gasteiger partial charge in [-0.2, -0.15) is 5.10 Å². The molecule has 1 aromatic carbocycles. The van der Waals surface area contributed by atoms with Crippen molar-refractivity contribution in [2.24, 2.45) is 0 Å². The zero-order chi connectivity index (χ0) is 16.7. The van der Waals surface area contributed by atoms with Crippen molar-refractivity contribution in [3.8, 4) is 11.4 Å². The summed E-state index contributed by atoms with van der Waals surface area (Å²) in [6.45, 7) is 2.29. The molecule has 0 spiro atoms. The zero-order valence-corrected chi connectivity index (χ0v) is 13.1. The Balaban J connectivity index is 1.92. The highest BCUT2D eigenvalue weighted by Gasteiger charge is 2.11. The molecule has 1 aromatic heterocycles. The second-order valence-corrected chi connectivity index (χ2v) is 4.65. The van der Waals surface area contributed by atoms with Crippen molar-refractivity contribution in [3.63, 3.8) is 0 Å². The molecule has 0 atom stereocenters. The average Bonchev–Trinajstić information content (AvgIpc) is 3.05. The van der Waals surface area contributed by atoms with E-state index in [9.17, 15) is 9.59 Å². The Morgan fingerprint density at radius 2 is 1.96 bits per heavy atom. The van der Waals surface area contributed by atoms with Crippen LogP contribution in [-0.4, -0.2) is 41.9 Å². The molecule has 23 heavy (non-hydrogen) atoms. The van der Waals surface area contributed by atoms with E-state index >= 15 is 0 Å². The van der Waals surface area contributed by atoms with E-state index in [4.69, 9.17) is 9.47 Å². The Bertz CT molecular complexity index is 664. The number of carbonyl (C=O) groups excluding carboxylic acids is 2. The number of hydrogen-bond donors (Lipinski definition) is 1. The lowest BCUT2D eigenvalue weighted by Crippen LogP contribution is -2.27. The van der Waals surface area contributed by atoms with Gasteiger partial charge < -0.3 is 14.8 Å². The van der Waals surface area contributed by atoms with E-state index < -0.39 is 0 Å². The highest BCUT2D eigenvalue weighted by molar-refractivity contribution is 5.92. The molecule has 7 nitrogen and oxygen atoms in total. The molecule has 0 aliphatic heterocycles. The number of carbonyl (C=O) groups is 2. The first-order valence-electron chi connectivity index (χ1n) is 7.28. The van der Waals surface area contributed by atoms with Gasteiger partial charge in [-0.25, -0.2) is 4.68 Å². The fourth-order valence-electron chi connectivity index (χ4n) is 1.93. The van der Waals surface area contributed by atoms with Crippen LogP contribution in [0.2, 0.25) is 0 Å². The van der Waals surface area contributed by atoms with Crippen LogP contribution >= 0.6 is 0 Å². The quantitative estimate of drug-likeness (QED) is 0.784. The van der Waals surface area contributed by atoms with Crippen molar-refractivity contribution >= 4 is 11.9 Å². The van der Waals surface area contributed by atoms with E-state index in [-0.39, 0.29) is 30.5 Å². The van der Waals surface area contributed by atoms with Gasteiger partial charge in [0.2, 0.25) is 0 Å². The summed E-state index contributed by atoms with van der Waals surface area (Å²) >= 11 is 0. The standard InChI is InChI=1S/C16H19N3O4/c1-3-23-15(20)8-10-17-16(21)14-9-11-19(18-14)12-4-6-13(22-2)7-5-12/h4-7,9,11H,3,8,10H2,1-2H3,(H,17,21). The minimum Gasteiger partial charge on any atom is -0.497 e. The van der Waals surface area contributed by atoms with Crippen molar-refractivity contribution in [2.45, 2.75) is 13.3 Å². The summed E-state index contributed by atoms with van der Waals surface area (Å²) in [5.74, 6) is 0.0796. The summed E-state index contributed by atoms with van der Waals surface area (Å²) in [5, 5.41) is 6.85. The first kappa shape index (κ1) is 16.5. The fraction of sp³-hybridized carbons (Fsp3) is 0.312. The summed E-state index contributed by atoms with van der Waals surface area (Å²) in [6, 6.07) is 8.93. The van der Waals surface area contributed by atoms with E-state index in [1.54, 1.807) is 31.0 Å². The highest BCUT2D eigenvalue weighted by atomic mass is 16.5. The van der Waals surface area contributed by atoms with Crippen LogP contribution in [0.3, 0.4) is 0 Å². The Kier molecular flexibility index (Phi) is 5.74. The Morgan fingerprint density at radius 3 is 2.61 bits per heavy atom. The predicted molar refractivity (Wildman–Crippen MR) is 83.7 cm³/mol. The number of esters is 1. The number of rotatable bonds is 7. The van der Waals surface area contributed by atoms with Crippen LogP contribution in [0.15, 0.2) is 36.5 Å². The Labute approximate surface area is 134 Å². The zero-order valence-electron chi connectivity index (χ0n) is 13.1. The lowest BCUT2D eigenvalue weighted by Gasteiger charge is -2.04. The molecule has 122 valence electrons. The number of aromatic nitrogens is 2. The number of amides is 1. The van der Waals surface area contributed by atoms with Crippen LogP contribution in [0, 0.1) is 0 Å². The third kappa shape index (κ3) is 4.57. The first-order chi connectivity index (χ1) is 11.1. The number of ether oxygens (including phenoxy) is 2. The van der Waals surface area contributed by atoms with Gasteiger partial charge in [0.25, 0.3) is 5.91 Å². The maximum absolute atomic E-state index is 12.0. The maximum atomic E-state index is 12.0. The lowest BCUT2D eigenvalue weighted by atomic mass is 10.3. The smallest absolute Gasteiger partial charge is 0.307 e. The molecular formula is C16H19N3O4. The van der Waals surface area contributed by atoms with Crippen molar-refractivity contribution in [1.29, 1.82) is 0 Å². The average molecular weight is 317 g/mol. The van der Waals surface area contributed by atoms with Crippen molar-refractivity contribution in [1.82, 2.24) is 15.1 Å². The largest absolute Gasteiger partial charge is 0.497 e. The minimum absolute atomic E-state index is 0.138. The molecular weight excluding hydrogens is 298 g/mol. The van der Waals surface area contributed by atoms with Gasteiger partial charge in [-0.3, -0.25) is 9.59 Å². The van der Waals surface area contributed by atoms with Gasteiger partial charge in [-0.15, -0.1) is 0 Å². The van der Waals surface area contributed by atoms with Gasteiger partial charge in [0, 0.05) is 12.7 Å². The maximum Gasteiger partial charge on any atom is 0.307 e. The van der Waals surface area contributed by atoms with Crippen molar-refractivity contribution in [2.75, 3.05) is 20.3 Å². The molecule has 1 N–H and O–H groups in total. The van der Waals surface area contributed by atoms with Crippen LogP contribution < -0.4 is 10.1 Å². The third-order valence-electron chi connectivity index (χ3n) is 3.08. The molecule has 0 aliphatic carbocycles. The molecule has 0 fully saturated rings. The van der Waals surface area contributed by atoms with Crippen molar-refractivity contribution in [3.05, 3.63) is 42.2 Å². The summed E-state index contributed by atoms with van der Waals surface area (Å²) in [4.78, 5) is 23.2. The highest BCUT2D eigenvalue weighted by Crippen LogP contribution is 2.14. The second-order valence-electron chi connectivity index (χ2n) is 4.65. The van der Waals surface area contributed by atoms with Gasteiger partial charge in [-0.05, 0) is 37.3 Å².